The highest BCUT2D eigenvalue weighted by molar-refractivity contribution is 7.92. The smallest absolute Gasteiger partial charge is 0.264 e. The van der Waals surface area contributed by atoms with Gasteiger partial charge in [0.25, 0.3) is 15.9 Å². The molecule has 5 nitrogen and oxygen atoms in total. The minimum atomic E-state index is -3.69. The van der Waals surface area contributed by atoms with Gasteiger partial charge in [-0.05, 0) is 30.0 Å². The molecule has 0 saturated heterocycles. The summed E-state index contributed by atoms with van der Waals surface area (Å²) in [5.74, 6) is -0.230. The molecule has 1 aromatic heterocycles. The molecule has 1 aromatic carbocycles. The summed E-state index contributed by atoms with van der Waals surface area (Å²) in [5, 5.41) is 4.59. The zero-order chi connectivity index (χ0) is 17.6. The van der Waals surface area contributed by atoms with E-state index in [0.717, 1.165) is 19.3 Å². The monoisotopic (exact) mass is 366 g/mol. The fraction of sp³-hybridized carbons (Fsp3) is 0.353. The molecule has 1 N–H and O–H groups in total. The highest BCUT2D eigenvalue weighted by atomic mass is 32.2. The number of unbranched alkanes of at least 4 members (excludes halogenated alkanes) is 2. The van der Waals surface area contributed by atoms with E-state index in [2.05, 4.69) is 12.2 Å². The van der Waals surface area contributed by atoms with Crippen molar-refractivity contribution in [3.8, 4) is 0 Å². The SMILES string of the molecule is CCCCCNC(=O)c1sccc1N(C)S(=O)(=O)c1ccccc1. The van der Waals surface area contributed by atoms with Gasteiger partial charge in [-0.25, -0.2) is 8.42 Å². The average Bonchev–Trinajstić information content (AvgIpc) is 3.08. The number of sulfonamides is 1. The number of rotatable bonds is 8. The first-order chi connectivity index (χ1) is 11.5. The van der Waals surface area contributed by atoms with Gasteiger partial charge in [0, 0.05) is 13.6 Å². The number of thiophene rings is 1. The summed E-state index contributed by atoms with van der Waals surface area (Å²) in [6, 6.07) is 9.86. The molecule has 0 saturated carbocycles. The first-order valence-corrected chi connectivity index (χ1v) is 10.2. The van der Waals surface area contributed by atoms with E-state index in [0.29, 0.717) is 17.1 Å². The third kappa shape index (κ3) is 4.15. The second-order valence-electron chi connectivity index (χ2n) is 5.38. The first-order valence-electron chi connectivity index (χ1n) is 7.88. The summed E-state index contributed by atoms with van der Waals surface area (Å²) < 4.78 is 26.6. The van der Waals surface area contributed by atoms with Crippen molar-refractivity contribution in [3.05, 3.63) is 46.7 Å². The Hall–Kier alpha value is -1.86. The van der Waals surface area contributed by atoms with Gasteiger partial charge in [-0.3, -0.25) is 9.10 Å². The molecular weight excluding hydrogens is 344 g/mol. The van der Waals surface area contributed by atoms with Crippen LogP contribution in [0.15, 0.2) is 46.7 Å². The second kappa shape index (κ2) is 8.30. The molecule has 2 aromatic rings. The average molecular weight is 367 g/mol. The Labute approximate surface area is 147 Å². The van der Waals surface area contributed by atoms with Crippen LogP contribution in [-0.2, 0) is 10.0 Å². The Bertz CT molecular complexity index is 770. The Morgan fingerprint density at radius 3 is 2.54 bits per heavy atom. The zero-order valence-electron chi connectivity index (χ0n) is 13.9. The molecule has 0 aliphatic carbocycles. The summed E-state index contributed by atoms with van der Waals surface area (Å²) in [4.78, 5) is 12.9. The van der Waals surface area contributed by atoms with E-state index in [4.69, 9.17) is 0 Å². The summed E-state index contributed by atoms with van der Waals surface area (Å²) >= 11 is 1.24. The van der Waals surface area contributed by atoms with E-state index >= 15 is 0 Å². The van der Waals surface area contributed by atoms with Crippen LogP contribution in [0.5, 0.6) is 0 Å². The summed E-state index contributed by atoms with van der Waals surface area (Å²) in [6.07, 6.45) is 3.05. The predicted octanol–water partition coefficient (Wildman–Crippen LogP) is 3.49. The highest BCUT2D eigenvalue weighted by Gasteiger charge is 2.25. The lowest BCUT2D eigenvalue weighted by Gasteiger charge is -2.19. The third-order valence-corrected chi connectivity index (χ3v) is 6.35. The molecular formula is C17H22N2O3S2. The molecule has 1 amide bonds. The van der Waals surface area contributed by atoms with Gasteiger partial charge in [-0.2, -0.15) is 0 Å². The molecule has 0 aliphatic heterocycles. The van der Waals surface area contributed by atoms with Crippen LogP contribution in [0.1, 0.15) is 35.9 Å². The molecule has 0 aliphatic rings. The number of hydrogen-bond donors (Lipinski definition) is 1. The predicted molar refractivity (Wildman–Crippen MR) is 98.2 cm³/mol. The summed E-state index contributed by atoms with van der Waals surface area (Å²) in [6.45, 7) is 2.70. The fourth-order valence-electron chi connectivity index (χ4n) is 2.26. The Morgan fingerprint density at radius 2 is 1.88 bits per heavy atom. The molecule has 0 bridgehead atoms. The topological polar surface area (TPSA) is 66.5 Å². The highest BCUT2D eigenvalue weighted by Crippen LogP contribution is 2.29. The zero-order valence-corrected chi connectivity index (χ0v) is 15.5. The number of nitrogens with one attached hydrogen (secondary N) is 1. The molecule has 130 valence electrons. The van der Waals surface area contributed by atoms with Crippen molar-refractivity contribution in [1.82, 2.24) is 5.32 Å². The van der Waals surface area contributed by atoms with Crippen LogP contribution in [0.3, 0.4) is 0 Å². The maximum absolute atomic E-state index is 12.7. The van der Waals surface area contributed by atoms with E-state index < -0.39 is 10.0 Å². The van der Waals surface area contributed by atoms with Crippen LogP contribution < -0.4 is 9.62 Å². The maximum atomic E-state index is 12.7. The largest absolute Gasteiger partial charge is 0.351 e. The van der Waals surface area contributed by atoms with Crippen LogP contribution in [0, 0.1) is 0 Å². The van der Waals surface area contributed by atoms with Crippen molar-refractivity contribution < 1.29 is 13.2 Å². The molecule has 0 unspecified atom stereocenters. The van der Waals surface area contributed by atoms with Crippen molar-refractivity contribution in [2.24, 2.45) is 0 Å². The van der Waals surface area contributed by atoms with Crippen molar-refractivity contribution >= 4 is 33.0 Å². The molecule has 0 radical (unpaired) electrons. The van der Waals surface area contributed by atoms with E-state index in [1.54, 1.807) is 41.8 Å². The summed E-state index contributed by atoms with van der Waals surface area (Å²) in [7, 11) is -2.22. The first kappa shape index (κ1) is 18.5. The quantitative estimate of drug-likeness (QED) is 0.727. The maximum Gasteiger partial charge on any atom is 0.264 e. The standard InChI is InChI=1S/C17H22N2O3S2/c1-3-4-8-12-18-17(20)16-15(11-13-23-16)19(2)24(21,22)14-9-6-5-7-10-14/h5-7,9-11,13H,3-4,8,12H2,1-2H3,(H,18,20). The lowest BCUT2D eigenvalue weighted by atomic mass is 10.2. The van der Waals surface area contributed by atoms with Crippen LogP contribution >= 0.6 is 11.3 Å². The Kier molecular flexibility index (Phi) is 6.39. The number of anilines is 1. The third-order valence-electron chi connectivity index (χ3n) is 3.66. The van der Waals surface area contributed by atoms with E-state index in [1.165, 1.54) is 22.7 Å². The van der Waals surface area contributed by atoms with E-state index in [1.807, 2.05) is 0 Å². The van der Waals surface area contributed by atoms with Crippen molar-refractivity contribution in [1.29, 1.82) is 0 Å². The number of amides is 1. The Morgan fingerprint density at radius 1 is 1.17 bits per heavy atom. The fourth-order valence-corrected chi connectivity index (χ4v) is 4.38. The van der Waals surface area contributed by atoms with Crippen LogP contribution in [0.4, 0.5) is 5.69 Å². The summed E-state index contributed by atoms with van der Waals surface area (Å²) in [5.41, 5.74) is 0.400. The van der Waals surface area contributed by atoms with Gasteiger partial charge in [-0.15, -0.1) is 11.3 Å². The Balaban J connectivity index is 2.18. The second-order valence-corrected chi connectivity index (χ2v) is 8.27. The number of carbonyl (C=O) groups is 1. The van der Waals surface area contributed by atoms with Crippen LogP contribution in [-0.4, -0.2) is 27.9 Å². The molecule has 24 heavy (non-hydrogen) atoms. The normalized spacial score (nSPS) is 11.2. The number of nitrogens with zero attached hydrogens (tertiary/aromatic N) is 1. The minimum Gasteiger partial charge on any atom is -0.351 e. The minimum absolute atomic E-state index is 0.202. The molecule has 0 atom stereocenters. The van der Waals surface area contributed by atoms with Crippen molar-refractivity contribution in [2.75, 3.05) is 17.9 Å². The van der Waals surface area contributed by atoms with Gasteiger partial charge >= 0.3 is 0 Å². The molecule has 0 fully saturated rings. The molecule has 1 heterocycles. The lowest BCUT2D eigenvalue weighted by molar-refractivity contribution is 0.0957. The number of carbonyl (C=O) groups excluding carboxylic acids is 1. The molecule has 2 rings (SSSR count). The number of benzene rings is 1. The van der Waals surface area contributed by atoms with Gasteiger partial charge in [0.1, 0.15) is 4.88 Å². The van der Waals surface area contributed by atoms with Crippen LogP contribution in [0.25, 0.3) is 0 Å². The molecule has 0 spiro atoms. The van der Waals surface area contributed by atoms with Gasteiger partial charge < -0.3 is 5.32 Å². The van der Waals surface area contributed by atoms with Crippen LogP contribution in [0.2, 0.25) is 0 Å². The van der Waals surface area contributed by atoms with Gasteiger partial charge in [0.2, 0.25) is 0 Å². The van der Waals surface area contributed by atoms with Crippen molar-refractivity contribution in [3.63, 3.8) is 0 Å². The van der Waals surface area contributed by atoms with E-state index in [-0.39, 0.29) is 10.8 Å². The molecule has 7 heteroatoms. The van der Waals surface area contributed by atoms with E-state index in [9.17, 15) is 13.2 Å². The van der Waals surface area contributed by atoms with Crippen molar-refractivity contribution in [2.45, 2.75) is 31.1 Å². The van der Waals surface area contributed by atoms with Gasteiger partial charge in [0.15, 0.2) is 0 Å². The van der Waals surface area contributed by atoms with Gasteiger partial charge in [0.05, 0.1) is 10.6 Å². The number of hydrogen-bond acceptors (Lipinski definition) is 4. The lowest BCUT2D eigenvalue weighted by Crippen LogP contribution is -2.30. The van der Waals surface area contributed by atoms with Gasteiger partial charge in [-0.1, -0.05) is 38.0 Å².